The van der Waals surface area contributed by atoms with Crippen molar-refractivity contribution in [3.05, 3.63) is 118 Å². The lowest BCUT2D eigenvalue weighted by Crippen LogP contribution is -2.13. The predicted molar refractivity (Wildman–Crippen MR) is 156 cm³/mol. The van der Waals surface area contributed by atoms with Crippen LogP contribution in [-0.2, 0) is 21.5 Å². The van der Waals surface area contributed by atoms with Gasteiger partial charge in [-0.25, -0.2) is 0 Å². The monoisotopic (exact) mass is 588 g/mol. The van der Waals surface area contributed by atoms with Crippen LogP contribution in [0, 0.1) is 18.3 Å². The third-order valence-corrected chi connectivity index (χ3v) is 7.31. The molecule has 0 aromatic heterocycles. The number of aryl methyl sites for hydroxylation is 1. The van der Waals surface area contributed by atoms with Gasteiger partial charge >= 0.3 is 10.1 Å². The number of halogens is 1. The molecule has 0 aliphatic rings. The van der Waals surface area contributed by atoms with Crippen molar-refractivity contribution >= 4 is 39.4 Å². The number of nitrogens with one attached hydrogen (secondary N) is 1. The number of benzene rings is 4. The summed E-state index contributed by atoms with van der Waals surface area (Å²) in [6.45, 7) is 2.24. The van der Waals surface area contributed by atoms with Gasteiger partial charge in [0, 0.05) is 5.69 Å². The van der Waals surface area contributed by atoms with Gasteiger partial charge in [0.15, 0.2) is 5.75 Å². The number of amides is 1. The summed E-state index contributed by atoms with van der Waals surface area (Å²) < 4.78 is 41.9. The number of anilines is 1. The van der Waals surface area contributed by atoms with Crippen LogP contribution in [0.5, 0.6) is 17.2 Å². The summed E-state index contributed by atoms with van der Waals surface area (Å²) in [5.74, 6) is -0.244. The van der Waals surface area contributed by atoms with E-state index in [4.69, 9.17) is 25.3 Å². The number of carbonyl (C=O) groups excluding carboxylic acids is 1. The Labute approximate surface area is 243 Å². The van der Waals surface area contributed by atoms with Gasteiger partial charge in [-0.2, -0.15) is 13.7 Å². The maximum Gasteiger partial charge on any atom is 0.339 e. The summed E-state index contributed by atoms with van der Waals surface area (Å²) in [5.41, 5.74) is 2.48. The minimum Gasteiger partial charge on any atom is -0.493 e. The molecule has 0 fully saturated rings. The van der Waals surface area contributed by atoms with Crippen LogP contribution in [-0.4, -0.2) is 21.4 Å². The molecular formula is C31H25ClN2O6S. The molecular weight excluding hydrogens is 564 g/mol. The first kappa shape index (κ1) is 29.2. The van der Waals surface area contributed by atoms with Crippen molar-refractivity contribution < 1.29 is 26.9 Å². The highest BCUT2D eigenvalue weighted by molar-refractivity contribution is 7.87. The third kappa shape index (κ3) is 7.66. The van der Waals surface area contributed by atoms with E-state index in [-0.39, 0.29) is 27.0 Å². The zero-order valence-corrected chi connectivity index (χ0v) is 23.7. The topological polar surface area (TPSA) is 115 Å². The highest BCUT2D eigenvalue weighted by Gasteiger charge is 2.22. The van der Waals surface area contributed by atoms with Gasteiger partial charge in [0.1, 0.15) is 28.9 Å². The van der Waals surface area contributed by atoms with Gasteiger partial charge in [-0.05, 0) is 72.7 Å². The molecule has 4 aromatic carbocycles. The Hall–Kier alpha value is -4.78. The lowest BCUT2D eigenvalue weighted by molar-refractivity contribution is -0.112. The Morgan fingerprint density at radius 2 is 1.68 bits per heavy atom. The zero-order valence-electron chi connectivity index (χ0n) is 22.1. The predicted octanol–water partition coefficient (Wildman–Crippen LogP) is 6.55. The van der Waals surface area contributed by atoms with E-state index in [9.17, 15) is 18.5 Å². The molecule has 0 bridgehead atoms. The highest BCUT2D eigenvalue weighted by Crippen LogP contribution is 2.39. The van der Waals surface area contributed by atoms with Crippen molar-refractivity contribution in [3.8, 4) is 23.3 Å². The summed E-state index contributed by atoms with van der Waals surface area (Å²) >= 11 is 6.35. The van der Waals surface area contributed by atoms with E-state index in [2.05, 4.69) is 5.32 Å². The van der Waals surface area contributed by atoms with Gasteiger partial charge < -0.3 is 19.0 Å². The van der Waals surface area contributed by atoms with Gasteiger partial charge in [-0.3, -0.25) is 4.79 Å². The molecule has 0 heterocycles. The van der Waals surface area contributed by atoms with Crippen LogP contribution < -0.4 is 19.0 Å². The summed E-state index contributed by atoms with van der Waals surface area (Å²) in [5, 5.41) is 12.2. The van der Waals surface area contributed by atoms with Gasteiger partial charge in [0.05, 0.1) is 12.1 Å². The van der Waals surface area contributed by atoms with Crippen molar-refractivity contribution in [1.29, 1.82) is 5.26 Å². The first-order valence-electron chi connectivity index (χ1n) is 12.3. The summed E-state index contributed by atoms with van der Waals surface area (Å²) in [6, 6.07) is 27.2. The van der Waals surface area contributed by atoms with Crippen LogP contribution in [0.1, 0.15) is 16.7 Å². The van der Waals surface area contributed by atoms with Gasteiger partial charge in [-0.1, -0.05) is 59.6 Å². The number of nitriles is 1. The normalized spacial score (nSPS) is 11.3. The fraction of sp³-hybridized carbons (Fsp3) is 0.0968. The Morgan fingerprint density at radius 1 is 1.00 bits per heavy atom. The molecule has 0 radical (unpaired) electrons. The molecule has 8 nitrogen and oxygen atoms in total. The van der Waals surface area contributed by atoms with Gasteiger partial charge in [-0.15, -0.1) is 0 Å². The summed E-state index contributed by atoms with van der Waals surface area (Å²) in [7, 11) is -2.89. The lowest BCUT2D eigenvalue weighted by Gasteiger charge is -2.13. The molecule has 0 aliphatic carbocycles. The second-order valence-corrected chi connectivity index (χ2v) is 10.8. The average molecular weight is 589 g/mol. The SMILES string of the molecule is COc1cc(/C=C(\C#N)C(=O)Nc2ccc(OCc3ccccc3)cc2)cc(Cl)c1OS(=O)(=O)c1ccc(C)cc1. The summed E-state index contributed by atoms with van der Waals surface area (Å²) in [4.78, 5) is 12.8. The molecule has 0 unspecified atom stereocenters. The Bertz CT molecular complexity index is 1710. The van der Waals surface area contributed by atoms with Crippen LogP contribution in [0.2, 0.25) is 5.02 Å². The van der Waals surface area contributed by atoms with Crippen LogP contribution in [0.4, 0.5) is 5.69 Å². The Kier molecular flexibility index (Phi) is 9.30. The second kappa shape index (κ2) is 13.0. The van der Waals surface area contributed by atoms with Crippen LogP contribution in [0.25, 0.3) is 6.08 Å². The van der Waals surface area contributed by atoms with E-state index in [1.165, 1.54) is 37.5 Å². The minimum absolute atomic E-state index is 0.00299. The molecule has 1 amide bonds. The molecule has 4 rings (SSSR count). The minimum atomic E-state index is -4.20. The molecule has 0 saturated heterocycles. The van der Waals surface area contributed by atoms with Gasteiger partial charge in [0.2, 0.25) is 5.75 Å². The van der Waals surface area contributed by atoms with Crippen LogP contribution >= 0.6 is 11.6 Å². The molecule has 0 saturated carbocycles. The number of nitrogens with zero attached hydrogens (tertiary/aromatic N) is 1. The number of hydrogen-bond donors (Lipinski definition) is 1. The Balaban J connectivity index is 1.47. The fourth-order valence-electron chi connectivity index (χ4n) is 3.66. The second-order valence-electron chi connectivity index (χ2n) is 8.81. The number of hydrogen-bond acceptors (Lipinski definition) is 7. The molecule has 4 aromatic rings. The molecule has 0 atom stereocenters. The molecule has 208 valence electrons. The maximum atomic E-state index is 12.8. The maximum absolute atomic E-state index is 12.8. The average Bonchev–Trinajstić information content (AvgIpc) is 2.97. The smallest absolute Gasteiger partial charge is 0.339 e. The van der Waals surface area contributed by atoms with Crippen molar-refractivity contribution in [2.24, 2.45) is 0 Å². The lowest BCUT2D eigenvalue weighted by atomic mass is 10.1. The van der Waals surface area contributed by atoms with Crippen LogP contribution in [0.15, 0.2) is 101 Å². The van der Waals surface area contributed by atoms with Crippen molar-refractivity contribution in [2.75, 3.05) is 12.4 Å². The number of methoxy groups -OCH3 is 1. The van der Waals surface area contributed by atoms with E-state index in [1.807, 2.05) is 43.3 Å². The van der Waals surface area contributed by atoms with E-state index in [0.717, 1.165) is 11.1 Å². The number of ether oxygens (including phenoxy) is 2. The largest absolute Gasteiger partial charge is 0.493 e. The third-order valence-electron chi connectivity index (χ3n) is 5.79. The van der Waals surface area contributed by atoms with E-state index < -0.39 is 16.0 Å². The standard InChI is InChI=1S/C31H25ClN2O6S/c1-21-8-14-27(15-9-21)41(36,37)40-30-28(32)17-23(18-29(30)38-2)16-24(19-33)31(35)34-25-10-12-26(13-11-25)39-20-22-6-4-3-5-7-22/h3-18H,20H2,1-2H3,(H,34,35)/b24-16+. The first-order chi connectivity index (χ1) is 19.7. The van der Waals surface area contributed by atoms with Gasteiger partial charge in [0.25, 0.3) is 5.91 Å². The molecule has 10 heteroatoms. The van der Waals surface area contributed by atoms with E-state index in [1.54, 1.807) is 36.4 Å². The molecule has 0 aliphatic heterocycles. The fourth-order valence-corrected chi connectivity index (χ4v) is 4.92. The van der Waals surface area contributed by atoms with E-state index in [0.29, 0.717) is 23.6 Å². The first-order valence-corrected chi connectivity index (χ1v) is 14.1. The zero-order chi connectivity index (χ0) is 29.4. The summed E-state index contributed by atoms with van der Waals surface area (Å²) in [6.07, 6.45) is 1.30. The Morgan fingerprint density at radius 3 is 2.32 bits per heavy atom. The quantitative estimate of drug-likeness (QED) is 0.127. The van der Waals surface area contributed by atoms with Crippen molar-refractivity contribution in [2.45, 2.75) is 18.4 Å². The highest BCUT2D eigenvalue weighted by atomic mass is 35.5. The number of carbonyl (C=O) groups is 1. The van der Waals surface area contributed by atoms with E-state index >= 15 is 0 Å². The van der Waals surface area contributed by atoms with Crippen molar-refractivity contribution in [1.82, 2.24) is 0 Å². The molecule has 0 spiro atoms. The number of rotatable bonds is 10. The molecule has 41 heavy (non-hydrogen) atoms. The molecule has 1 N–H and O–H groups in total. The van der Waals surface area contributed by atoms with Crippen molar-refractivity contribution in [3.63, 3.8) is 0 Å². The van der Waals surface area contributed by atoms with Crippen LogP contribution in [0.3, 0.4) is 0 Å².